The molecule has 2 unspecified atom stereocenters. The number of carbonyl (C=O) groups excluding carboxylic acids is 1. The molecule has 5 nitrogen and oxygen atoms in total. The molecule has 1 amide bonds. The summed E-state index contributed by atoms with van der Waals surface area (Å²) in [5, 5.41) is 9.94. The predicted octanol–water partition coefficient (Wildman–Crippen LogP) is 2.17. The number of H-pyrrole nitrogens is 1. The highest BCUT2D eigenvalue weighted by Crippen LogP contribution is 2.26. The fourth-order valence-corrected chi connectivity index (χ4v) is 3.19. The number of fused-ring (bicyclic) bond motifs is 1. The Kier molecular flexibility index (Phi) is 3.60. The molecule has 1 saturated heterocycles. The molecule has 0 saturated carbocycles. The van der Waals surface area contributed by atoms with E-state index in [1.807, 2.05) is 0 Å². The van der Waals surface area contributed by atoms with Crippen molar-refractivity contribution in [2.24, 2.45) is 5.92 Å². The Labute approximate surface area is 126 Å². The van der Waals surface area contributed by atoms with E-state index >= 15 is 0 Å². The zero-order chi connectivity index (χ0) is 15.9. The van der Waals surface area contributed by atoms with Crippen molar-refractivity contribution in [1.82, 2.24) is 9.88 Å². The molecule has 1 aliphatic rings. The van der Waals surface area contributed by atoms with E-state index in [1.165, 1.54) is 12.1 Å². The van der Waals surface area contributed by atoms with Crippen molar-refractivity contribution in [2.45, 2.75) is 25.8 Å². The zero-order valence-electron chi connectivity index (χ0n) is 12.2. The highest BCUT2D eigenvalue weighted by Gasteiger charge is 2.37. The van der Waals surface area contributed by atoms with Gasteiger partial charge in [0.05, 0.1) is 12.3 Å². The third-order valence-corrected chi connectivity index (χ3v) is 4.46. The molecule has 1 aliphatic heterocycles. The van der Waals surface area contributed by atoms with Crippen LogP contribution in [0.25, 0.3) is 10.9 Å². The zero-order valence-corrected chi connectivity index (χ0v) is 12.2. The Hall–Kier alpha value is -2.37. The molecule has 6 heteroatoms. The Morgan fingerprint density at radius 3 is 2.91 bits per heavy atom. The molecule has 116 valence electrons. The SMILES string of the molecule is CC1C(C(=O)O)CCN1C(=O)Cc1c[nH]c2cc(F)ccc12. The number of carboxylic acid groups (broad SMARTS) is 1. The van der Waals surface area contributed by atoms with E-state index in [1.54, 1.807) is 24.1 Å². The number of nitrogens with zero attached hydrogens (tertiary/aromatic N) is 1. The summed E-state index contributed by atoms with van der Waals surface area (Å²) in [7, 11) is 0. The summed E-state index contributed by atoms with van der Waals surface area (Å²) in [6.07, 6.45) is 2.38. The van der Waals surface area contributed by atoms with Crippen LogP contribution in [0.4, 0.5) is 4.39 Å². The maximum atomic E-state index is 13.2. The summed E-state index contributed by atoms with van der Waals surface area (Å²) in [6, 6.07) is 4.11. The smallest absolute Gasteiger partial charge is 0.308 e. The van der Waals surface area contributed by atoms with Crippen molar-refractivity contribution in [3.8, 4) is 0 Å². The minimum Gasteiger partial charge on any atom is -0.481 e. The number of hydrogen-bond acceptors (Lipinski definition) is 2. The summed E-state index contributed by atoms with van der Waals surface area (Å²) in [6.45, 7) is 2.24. The van der Waals surface area contributed by atoms with Crippen LogP contribution in [-0.2, 0) is 16.0 Å². The lowest BCUT2D eigenvalue weighted by atomic mass is 10.0. The van der Waals surface area contributed by atoms with Crippen molar-refractivity contribution in [1.29, 1.82) is 0 Å². The van der Waals surface area contributed by atoms with Crippen molar-refractivity contribution in [3.63, 3.8) is 0 Å². The Morgan fingerprint density at radius 1 is 1.45 bits per heavy atom. The number of benzene rings is 1. The van der Waals surface area contributed by atoms with Crippen LogP contribution in [0.3, 0.4) is 0 Å². The Bertz CT molecular complexity index is 740. The van der Waals surface area contributed by atoms with Crippen LogP contribution in [0, 0.1) is 11.7 Å². The molecular formula is C16H17FN2O3. The van der Waals surface area contributed by atoms with Gasteiger partial charge in [0, 0.05) is 29.7 Å². The van der Waals surface area contributed by atoms with Gasteiger partial charge >= 0.3 is 5.97 Å². The number of likely N-dealkylation sites (tertiary alicyclic amines) is 1. The van der Waals surface area contributed by atoms with Gasteiger partial charge in [0.1, 0.15) is 5.82 Å². The van der Waals surface area contributed by atoms with E-state index in [2.05, 4.69) is 4.98 Å². The number of rotatable bonds is 3. The average molecular weight is 304 g/mol. The van der Waals surface area contributed by atoms with Crippen molar-refractivity contribution < 1.29 is 19.1 Å². The van der Waals surface area contributed by atoms with Crippen molar-refractivity contribution in [3.05, 3.63) is 35.8 Å². The molecule has 1 aromatic heterocycles. The molecule has 0 bridgehead atoms. The van der Waals surface area contributed by atoms with Gasteiger partial charge in [-0.05, 0) is 37.1 Å². The molecule has 2 N–H and O–H groups in total. The van der Waals surface area contributed by atoms with Crippen LogP contribution < -0.4 is 0 Å². The number of nitrogens with one attached hydrogen (secondary N) is 1. The summed E-state index contributed by atoms with van der Waals surface area (Å²) >= 11 is 0. The largest absolute Gasteiger partial charge is 0.481 e. The van der Waals surface area contributed by atoms with Crippen LogP contribution in [0.1, 0.15) is 18.9 Å². The van der Waals surface area contributed by atoms with E-state index in [4.69, 9.17) is 5.11 Å². The summed E-state index contributed by atoms with van der Waals surface area (Å²) in [5.41, 5.74) is 1.45. The standard InChI is InChI=1S/C16H17FN2O3/c1-9-12(16(21)22)4-5-19(9)15(20)6-10-8-18-14-7-11(17)2-3-13(10)14/h2-3,7-9,12,18H,4-6H2,1H3,(H,21,22). The number of carboxylic acids is 1. The van der Waals surface area contributed by atoms with E-state index in [0.29, 0.717) is 18.5 Å². The molecule has 2 aromatic rings. The van der Waals surface area contributed by atoms with E-state index in [9.17, 15) is 14.0 Å². The quantitative estimate of drug-likeness (QED) is 0.912. The normalized spacial score (nSPS) is 21.5. The fraction of sp³-hybridized carbons (Fsp3) is 0.375. The molecular weight excluding hydrogens is 287 g/mol. The number of halogens is 1. The van der Waals surface area contributed by atoms with Gasteiger partial charge in [0.2, 0.25) is 5.91 Å². The molecule has 22 heavy (non-hydrogen) atoms. The van der Waals surface area contributed by atoms with E-state index < -0.39 is 11.9 Å². The first-order chi connectivity index (χ1) is 10.5. The predicted molar refractivity (Wildman–Crippen MR) is 78.9 cm³/mol. The monoisotopic (exact) mass is 304 g/mol. The molecule has 2 atom stereocenters. The number of aliphatic carboxylic acids is 1. The topological polar surface area (TPSA) is 73.4 Å². The maximum absolute atomic E-state index is 13.2. The second kappa shape index (κ2) is 5.44. The van der Waals surface area contributed by atoms with Gasteiger partial charge in [0.15, 0.2) is 0 Å². The van der Waals surface area contributed by atoms with Crippen LogP contribution >= 0.6 is 0 Å². The van der Waals surface area contributed by atoms with Gasteiger partial charge in [0.25, 0.3) is 0 Å². The molecule has 1 aromatic carbocycles. The molecule has 0 radical (unpaired) electrons. The second-order valence-corrected chi connectivity index (χ2v) is 5.74. The number of hydrogen-bond donors (Lipinski definition) is 2. The number of aromatic nitrogens is 1. The number of aromatic amines is 1. The van der Waals surface area contributed by atoms with Gasteiger partial charge in [-0.3, -0.25) is 9.59 Å². The molecule has 3 rings (SSSR count). The maximum Gasteiger partial charge on any atom is 0.308 e. The van der Waals surface area contributed by atoms with Crippen LogP contribution in [0.15, 0.2) is 24.4 Å². The minimum absolute atomic E-state index is 0.0959. The second-order valence-electron chi connectivity index (χ2n) is 5.74. The summed E-state index contributed by atoms with van der Waals surface area (Å²) in [5.74, 6) is -1.78. The molecule has 0 aliphatic carbocycles. The summed E-state index contributed by atoms with van der Waals surface area (Å²) < 4.78 is 13.2. The first-order valence-corrected chi connectivity index (χ1v) is 7.25. The van der Waals surface area contributed by atoms with E-state index in [-0.39, 0.29) is 24.2 Å². The summed E-state index contributed by atoms with van der Waals surface area (Å²) in [4.78, 5) is 28.2. The third-order valence-electron chi connectivity index (χ3n) is 4.46. The van der Waals surface area contributed by atoms with Crippen LogP contribution in [0.2, 0.25) is 0 Å². The average Bonchev–Trinajstić information content (AvgIpc) is 3.02. The lowest BCUT2D eigenvalue weighted by Crippen LogP contribution is -2.38. The third kappa shape index (κ3) is 2.45. The van der Waals surface area contributed by atoms with E-state index in [0.717, 1.165) is 10.9 Å². The van der Waals surface area contributed by atoms with Crippen LogP contribution in [0.5, 0.6) is 0 Å². The Morgan fingerprint density at radius 2 is 2.23 bits per heavy atom. The number of amides is 1. The fourth-order valence-electron chi connectivity index (χ4n) is 3.19. The van der Waals surface area contributed by atoms with Crippen molar-refractivity contribution >= 4 is 22.8 Å². The number of carbonyl (C=O) groups is 2. The Balaban J connectivity index is 1.78. The van der Waals surface area contributed by atoms with Gasteiger partial charge in [-0.1, -0.05) is 0 Å². The van der Waals surface area contributed by atoms with Crippen molar-refractivity contribution in [2.75, 3.05) is 6.54 Å². The first kappa shape index (κ1) is 14.6. The van der Waals surface area contributed by atoms with Gasteiger partial charge in [-0.2, -0.15) is 0 Å². The van der Waals surface area contributed by atoms with Gasteiger partial charge in [-0.15, -0.1) is 0 Å². The first-order valence-electron chi connectivity index (χ1n) is 7.25. The highest BCUT2D eigenvalue weighted by atomic mass is 19.1. The van der Waals surface area contributed by atoms with Gasteiger partial charge in [-0.25, -0.2) is 4.39 Å². The van der Waals surface area contributed by atoms with Crippen LogP contribution in [-0.4, -0.2) is 39.5 Å². The molecule has 2 heterocycles. The minimum atomic E-state index is -0.856. The highest BCUT2D eigenvalue weighted by molar-refractivity contribution is 5.89. The lowest BCUT2D eigenvalue weighted by Gasteiger charge is -2.23. The molecule has 0 spiro atoms. The molecule has 1 fully saturated rings. The van der Waals surface area contributed by atoms with Gasteiger partial charge < -0.3 is 15.0 Å². The lowest BCUT2D eigenvalue weighted by molar-refractivity contribution is -0.143.